The van der Waals surface area contributed by atoms with E-state index in [2.05, 4.69) is 25.7 Å². The molecule has 0 aliphatic carbocycles. The molecule has 104 valence electrons. The molecule has 0 aliphatic heterocycles. The molecule has 0 bridgehead atoms. The third-order valence-electron chi connectivity index (χ3n) is 3.06. The second kappa shape index (κ2) is 5.54. The van der Waals surface area contributed by atoms with Gasteiger partial charge in [-0.2, -0.15) is 5.10 Å². The van der Waals surface area contributed by atoms with Gasteiger partial charge in [0.05, 0.1) is 6.21 Å². The molecule has 0 saturated heterocycles. The Balaban J connectivity index is 1.85. The van der Waals surface area contributed by atoms with E-state index in [1.165, 1.54) is 0 Å². The number of benzene rings is 2. The topological polar surface area (TPSA) is 83.0 Å². The summed E-state index contributed by atoms with van der Waals surface area (Å²) in [5, 5.41) is 13.9. The molecule has 0 radical (unpaired) electrons. The van der Waals surface area contributed by atoms with Crippen LogP contribution in [0.1, 0.15) is 11.3 Å². The van der Waals surface area contributed by atoms with E-state index in [9.17, 15) is 4.79 Å². The van der Waals surface area contributed by atoms with Crippen molar-refractivity contribution < 1.29 is 0 Å². The van der Waals surface area contributed by atoms with Gasteiger partial charge in [-0.05, 0) is 17.7 Å². The fourth-order valence-electron chi connectivity index (χ4n) is 1.97. The summed E-state index contributed by atoms with van der Waals surface area (Å²) in [5.41, 5.74) is 3.67. The summed E-state index contributed by atoms with van der Waals surface area (Å²) in [5.74, 6) is 0.210. The number of nitrogens with one attached hydrogen (secondary N) is 2. The van der Waals surface area contributed by atoms with Gasteiger partial charge in [0.1, 0.15) is 5.69 Å². The van der Waals surface area contributed by atoms with E-state index in [1.807, 2.05) is 42.5 Å². The smallest absolute Gasteiger partial charge is 0.274 e. The molecule has 21 heavy (non-hydrogen) atoms. The van der Waals surface area contributed by atoms with Gasteiger partial charge in [0.15, 0.2) is 0 Å². The molecule has 1 heterocycles. The molecule has 0 spiro atoms. The summed E-state index contributed by atoms with van der Waals surface area (Å²) in [7, 11) is 0. The maximum Gasteiger partial charge on any atom is 0.274 e. The Hall–Kier alpha value is -3.02. The quantitative estimate of drug-likeness (QED) is 0.568. The first kappa shape index (κ1) is 13.0. The van der Waals surface area contributed by atoms with Crippen molar-refractivity contribution in [2.75, 3.05) is 5.43 Å². The third kappa shape index (κ3) is 2.79. The summed E-state index contributed by atoms with van der Waals surface area (Å²) in [6.45, 7) is 1.59. The Morgan fingerprint density at radius 2 is 1.95 bits per heavy atom. The fraction of sp³-hybridized carbons (Fsp3) is 0.0667. The van der Waals surface area contributed by atoms with Crippen LogP contribution < -0.4 is 11.0 Å². The number of aromatic nitrogens is 3. The molecule has 6 nitrogen and oxygen atoms in total. The van der Waals surface area contributed by atoms with Crippen LogP contribution >= 0.6 is 0 Å². The normalized spacial score (nSPS) is 11.1. The predicted octanol–water partition coefficient (Wildman–Crippen LogP) is 2.07. The van der Waals surface area contributed by atoms with Crippen LogP contribution in [0.4, 0.5) is 5.95 Å². The fourth-order valence-corrected chi connectivity index (χ4v) is 1.97. The summed E-state index contributed by atoms with van der Waals surface area (Å²) in [6, 6.07) is 14.0. The Morgan fingerprint density at radius 3 is 2.81 bits per heavy atom. The molecule has 0 atom stereocenters. The van der Waals surface area contributed by atoms with Crippen LogP contribution in [0.3, 0.4) is 0 Å². The monoisotopic (exact) mass is 279 g/mol. The van der Waals surface area contributed by atoms with Gasteiger partial charge in [-0.15, -0.1) is 10.2 Å². The second-order valence-electron chi connectivity index (χ2n) is 4.53. The largest absolute Gasteiger partial charge is 0.288 e. The number of hydrazone groups is 1. The van der Waals surface area contributed by atoms with Crippen LogP contribution in [0.5, 0.6) is 0 Å². The Labute approximate surface area is 120 Å². The number of anilines is 1. The highest BCUT2D eigenvalue weighted by atomic mass is 16.1. The minimum absolute atomic E-state index is 0.210. The molecule has 0 fully saturated rings. The summed E-state index contributed by atoms with van der Waals surface area (Å²) < 4.78 is 0. The molecule has 0 unspecified atom stereocenters. The van der Waals surface area contributed by atoms with Crippen LogP contribution in [0.2, 0.25) is 0 Å². The molecule has 2 N–H and O–H groups in total. The average Bonchev–Trinajstić information content (AvgIpc) is 2.51. The molecular weight excluding hydrogens is 266 g/mol. The first-order chi connectivity index (χ1) is 10.2. The van der Waals surface area contributed by atoms with Gasteiger partial charge in [-0.25, -0.2) is 5.43 Å². The van der Waals surface area contributed by atoms with Crippen molar-refractivity contribution in [2.45, 2.75) is 6.92 Å². The van der Waals surface area contributed by atoms with E-state index < -0.39 is 0 Å². The standard InChI is InChI=1S/C15H13N5O/c1-10-14(21)17-15(20-18-10)19-16-9-12-7-4-6-11-5-2-3-8-13(11)12/h2-9H,1H3,(H2,17,19,20,21)/b16-9-. The van der Waals surface area contributed by atoms with Crippen molar-refractivity contribution in [3.8, 4) is 0 Å². The van der Waals surface area contributed by atoms with Crippen LogP contribution in [0.15, 0.2) is 52.4 Å². The number of hydrogen-bond donors (Lipinski definition) is 2. The lowest BCUT2D eigenvalue weighted by Gasteiger charge is -2.01. The second-order valence-corrected chi connectivity index (χ2v) is 4.53. The van der Waals surface area contributed by atoms with Crippen molar-refractivity contribution in [3.05, 3.63) is 64.1 Å². The number of H-pyrrole nitrogens is 1. The lowest BCUT2D eigenvalue weighted by Crippen LogP contribution is -2.15. The number of rotatable bonds is 3. The SMILES string of the molecule is Cc1nnc(N/N=C\c2cccc3ccccc23)[nH]c1=O. The Bertz CT molecular complexity index is 864. The number of hydrogen-bond acceptors (Lipinski definition) is 5. The molecular formula is C15H13N5O. The molecule has 1 aromatic heterocycles. The highest BCUT2D eigenvalue weighted by molar-refractivity contribution is 5.99. The van der Waals surface area contributed by atoms with E-state index in [-0.39, 0.29) is 11.5 Å². The first-order valence-electron chi connectivity index (χ1n) is 6.44. The van der Waals surface area contributed by atoms with Crippen molar-refractivity contribution in [1.29, 1.82) is 0 Å². The summed E-state index contributed by atoms with van der Waals surface area (Å²) in [4.78, 5) is 13.9. The van der Waals surface area contributed by atoms with Crippen molar-refractivity contribution in [1.82, 2.24) is 15.2 Å². The van der Waals surface area contributed by atoms with E-state index >= 15 is 0 Å². The van der Waals surface area contributed by atoms with E-state index in [0.717, 1.165) is 16.3 Å². The zero-order chi connectivity index (χ0) is 14.7. The van der Waals surface area contributed by atoms with Gasteiger partial charge in [0, 0.05) is 5.56 Å². The van der Waals surface area contributed by atoms with Crippen LogP contribution in [0, 0.1) is 6.92 Å². The van der Waals surface area contributed by atoms with Gasteiger partial charge in [-0.3, -0.25) is 9.78 Å². The molecule has 0 saturated carbocycles. The van der Waals surface area contributed by atoms with Crippen molar-refractivity contribution in [3.63, 3.8) is 0 Å². The molecule has 0 amide bonds. The van der Waals surface area contributed by atoms with Crippen LogP contribution in [-0.2, 0) is 0 Å². The molecule has 3 rings (SSSR count). The van der Waals surface area contributed by atoms with Gasteiger partial charge in [0.25, 0.3) is 5.56 Å². The number of nitrogens with zero attached hydrogens (tertiary/aromatic N) is 3. The minimum Gasteiger partial charge on any atom is -0.288 e. The lowest BCUT2D eigenvalue weighted by molar-refractivity contribution is 0.897. The van der Waals surface area contributed by atoms with E-state index in [0.29, 0.717) is 5.69 Å². The van der Waals surface area contributed by atoms with Gasteiger partial charge < -0.3 is 0 Å². The maximum atomic E-state index is 11.4. The third-order valence-corrected chi connectivity index (χ3v) is 3.06. The van der Waals surface area contributed by atoms with E-state index in [1.54, 1.807) is 13.1 Å². The minimum atomic E-state index is -0.284. The Kier molecular flexibility index (Phi) is 3.42. The molecule has 6 heteroatoms. The number of aromatic amines is 1. The van der Waals surface area contributed by atoms with Gasteiger partial charge in [-0.1, -0.05) is 42.5 Å². The van der Waals surface area contributed by atoms with Crippen LogP contribution in [-0.4, -0.2) is 21.4 Å². The van der Waals surface area contributed by atoms with E-state index in [4.69, 9.17) is 0 Å². The summed E-state index contributed by atoms with van der Waals surface area (Å²) >= 11 is 0. The first-order valence-corrected chi connectivity index (χ1v) is 6.44. The average molecular weight is 279 g/mol. The maximum absolute atomic E-state index is 11.4. The highest BCUT2D eigenvalue weighted by Gasteiger charge is 1.99. The Morgan fingerprint density at radius 1 is 1.14 bits per heavy atom. The molecule has 0 aliphatic rings. The molecule has 2 aromatic carbocycles. The molecule has 3 aromatic rings. The van der Waals surface area contributed by atoms with Crippen molar-refractivity contribution in [2.24, 2.45) is 5.10 Å². The summed E-state index contributed by atoms with van der Waals surface area (Å²) in [6.07, 6.45) is 1.68. The number of aryl methyl sites for hydroxylation is 1. The van der Waals surface area contributed by atoms with Gasteiger partial charge >= 0.3 is 0 Å². The van der Waals surface area contributed by atoms with Crippen molar-refractivity contribution >= 4 is 22.9 Å². The zero-order valence-electron chi connectivity index (χ0n) is 11.4. The van der Waals surface area contributed by atoms with Crippen LogP contribution in [0.25, 0.3) is 10.8 Å². The lowest BCUT2D eigenvalue weighted by atomic mass is 10.1. The zero-order valence-corrected chi connectivity index (χ0v) is 11.4. The van der Waals surface area contributed by atoms with Gasteiger partial charge in [0.2, 0.25) is 5.95 Å². The predicted molar refractivity (Wildman–Crippen MR) is 82.6 cm³/mol. The highest BCUT2D eigenvalue weighted by Crippen LogP contribution is 2.16. The number of fused-ring (bicyclic) bond motifs is 1.